The van der Waals surface area contributed by atoms with Gasteiger partial charge in [-0.15, -0.1) is 11.3 Å². The van der Waals surface area contributed by atoms with Crippen LogP contribution in [0.4, 0.5) is 4.79 Å². The summed E-state index contributed by atoms with van der Waals surface area (Å²) in [6.07, 6.45) is 8.61. The smallest absolute Gasteiger partial charge is 0.408 e. The third-order valence-corrected chi connectivity index (χ3v) is 10.7. The van der Waals surface area contributed by atoms with Crippen molar-refractivity contribution in [3.8, 4) is 0 Å². The number of hydrogen-bond donors (Lipinski definition) is 3. The summed E-state index contributed by atoms with van der Waals surface area (Å²) in [6, 6.07) is -0.00650. The average molecular weight is 662 g/mol. The lowest BCUT2D eigenvalue weighted by atomic mass is 10.0. The van der Waals surface area contributed by atoms with Crippen LogP contribution < -0.4 is 15.4 Å². The summed E-state index contributed by atoms with van der Waals surface area (Å²) in [5, 5.41) is 5.99. The van der Waals surface area contributed by atoms with E-state index in [4.69, 9.17) is 27.9 Å². The molecule has 3 N–H and O–H groups in total. The number of alkyl carbamates (subject to hydrolysis) is 1. The molecule has 0 radical (unpaired) electrons. The molecule has 0 spiro atoms. The van der Waals surface area contributed by atoms with Crippen molar-refractivity contribution < 1.29 is 27.5 Å². The minimum Gasteiger partial charge on any atom is -0.444 e. The summed E-state index contributed by atoms with van der Waals surface area (Å²) < 4.78 is 33.9. The number of thiophene rings is 1. The second-order valence-electron chi connectivity index (χ2n) is 12.0. The Morgan fingerprint density at radius 1 is 1.19 bits per heavy atom. The second kappa shape index (κ2) is 12.8. The fraction of sp³-hybridized carbons (Fsp3) is 0.607. The quantitative estimate of drug-likeness (QED) is 0.381. The highest BCUT2D eigenvalue weighted by Gasteiger charge is 2.60. The molecular weight excluding hydrogens is 623 g/mol. The number of hydrogen-bond acceptors (Lipinski definition) is 8. The Kier molecular flexibility index (Phi) is 9.91. The van der Waals surface area contributed by atoms with Crippen molar-refractivity contribution in [3.63, 3.8) is 0 Å². The lowest BCUT2D eigenvalue weighted by Gasteiger charge is -2.33. The van der Waals surface area contributed by atoms with Gasteiger partial charge in [0, 0.05) is 18.2 Å². The van der Waals surface area contributed by atoms with Crippen molar-refractivity contribution in [2.24, 2.45) is 5.92 Å². The van der Waals surface area contributed by atoms with Gasteiger partial charge in [-0.3, -0.25) is 9.59 Å². The number of allylic oxidation sites excluding steroid dienone is 1. The Morgan fingerprint density at radius 3 is 2.60 bits per heavy atom. The van der Waals surface area contributed by atoms with E-state index in [-0.39, 0.29) is 25.4 Å². The number of amides is 3. The minimum atomic E-state index is -4.29. The Bertz CT molecular complexity index is 1370. The Morgan fingerprint density at radius 2 is 1.93 bits per heavy atom. The molecule has 14 heteroatoms. The zero-order valence-electron chi connectivity index (χ0n) is 24.0. The van der Waals surface area contributed by atoms with Crippen LogP contribution in [-0.4, -0.2) is 61.0 Å². The summed E-state index contributed by atoms with van der Waals surface area (Å²) in [6.45, 7) is 9.93. The number of halogens is 2. The van der Waals surface area contributed by atoms with E-state index < -0.39 is 45.2 Å². The average Bonchev–Trinajstić information content (AvgIpc) is 3.18. The van der Waals surface area contributed by atoms with E-state index in [1.165, 1.54) is 6.07 Å². The van der Waals surface area contributed by atoms with Gasteiger partial charge in [-0.25, -0.2) is 17.9 Å². The molecule has 42 heavy (non-hydrogen) atoms. The van der Waals surface area contributed by atoms with E-state index in [2.05, 4.69) is 21.9 Å². The van der Waals surface area contributed by atoms with Gasteiger partial charge in [-0.05, 0) is 65.4 Å². The molecule has 4 atom stereocenters. The molecule has 3 aliphatic rings. The first-order valence-electron chi connectivity index (χ1n) is 14.1. The molecule has 0 unspecified atom stereocenters. The molecule has 2 fully saturated rings. The normalized spacial score (nSPS) is 27.9. The van der Waals surface area contributed by atoms with Gasteiger partial charge in [-0.2, -0.15) is 0 Å². The fourth-order valence-corrected chi connectivity index (χ4v) is 8.67. The number of carbonyl (C=O) groups excluding carboxylic acids is 3. The first-order chi connectivity index (χ1) is 19.6. The van der Waals surface area contributed by atoms with E-state index in [0.717, 1.165) is 37.0 Å². The van der Waals surface area contributed by atoms with E-state index >= 15 is 0 Å². The van der Waals surface area contributed by atoms with E-state index in [0.29, 0.717) is 37.9 Å². The molecule has 1 saturated heterocycles. The summed E-state index contributed by atoms with van der Waals surface area (Å²) in [4.78, 5) is 41.4. The third kappa shape index (κ3) is 7.62. The molecule has 10 nitrogen and oxygen atoms in total. The molecule has 2 aliphatic heterocycles. The number of sulfonamides is 1. The Labute approximate surface area is 261 Å². The summed E-state index contributed by atoms with van der Waals surface area (Å²) in [5.74, 6) is -1.25. The van der Waals surface area contributed by atoms with E-state index in [9.17, 15) is 22.8 Å². The highest BCUT2D eigenvalue weighted by molar-refractivity contribution is 7.90. The van der Waals surface area contributed by atoms with Crippen LogP contribution in [0.25, 0.3) is 0 Å². The van der Waals surface area contributed by atoms with Crippen molar-refractivity contribution >= 4 is 62.5 Å². The Hall–Kier alpha value is -2.28. The molecule has 0 aromatic carbocycles. The highest BCUT2D eigenvalue weighted by Crippen LogP contribution is 2.47. The van der Waals surface area contributed by atoms with Crippen LogP contribution in [0, 0.1) is 5.92 Å². The van der Waals surface area contributed by atoms with Gasteiger partial charge in [0.25, 0.3) is 15.9 Å². The van der Waals surface area contributed by atoms with E-state index in [1.807, 2.05) is 12.2 Å². The number of fused-ring (bicyclic) bond motifs is 2. The van der Waals surface area contributed by atoms with Crippen LogP contribution in [0.3, 0.4) is 0 Å². The molecule has 232 valence electrons. The summed E-state index contributed by atoms with van der Waals surface area (Å²) in [5.41, 5.74) is -1.54. The van der Waals surface area contributed by atoms with Crippen LogP contribution >= 0.6 is 34.5 Å². The maximum Gasteiger partial charge on any atom is 0.408 e. The van der Waals surface area contributed by atoms with Gasteiger partial charge < -0.3 is 20.3 Å². The first-order valence-corrected chi connectivity index (χ1v) is 17.1. The molecule has 3 amide bonds. The number of nitrogens with zero attached hydrogens (tertiary/aromatic N) is 1. The van der Waals surface area contributed by atoms with Crippen LogP contribution in [0.2, 0.25) is 8.67 Å². The highest BCUT2D eigenvalue weighted by atomic mass is 35.5. The zero-order valence-corrected chi connectivity index (χ0v) is 27.1. The van der Waals surface area contributed by atoms with Gasteiger partial charge >= 0.3 is 6.09 Å². The van der Waals surface area contributed by atoms with Crippen molar-refractivity contribution in [1.82, 2.24) is 20.3 Å². The lowest BCUT2D eigenvalue weighted by molar-refractivity contribution is -0.134. The largest absolute Gasteiger partial charge is 0.444 e. The first kappa shape index (κ1) is 32.6. The minimum absolute atomic E-state index is 0.0425. The molecule has 4 rings (SSSR count). The molecule has 1 aliphatic carbocycles. The van der Waals surface area contributed by atoms with Crippen LogP contribution in [0.1, 0.15) is 72.1 Å². The predicted octanol–water partition coefficient (Wildman–Crippen LogP) is 5.13. The van der Waals surface area contributed by atoms with Crippen molar-refractivity contribution in [2.75, 3.05) is 6.54 Å². The molecule has 3 heterocycles. The molecule has 0 bridgehead atoms. The number of rotatable bonds is 4. The topological polar surface area (TPSA) is 134 Å². The van der Waals surface area contributed by atoms with Gasteiger partial charge in [-0.1, -0.05) is 54.8 Å². The van der Waals surface area contributed by atoms with Crippen LogP contribution in [0.5, 0.6) is 0 Å². The van der Waals surface area contributed by atoms with Gasteiger partial charge in [0.15, 0.2) is 0 Å². The van der Waals surface area contributed by atoms with Crippen molar-refractivity contribution in [3.05, 3.63) is 39.2 Å². The molecule has 1 aromatic rings. The Balaban J connectivity index is 1.57. The maximum atomic E-state index is 13.8. The lowest BCUT2D eigenvalue weighted by Crippen LogP contribution is -2.54. The van der Waals surface area contributed by atoms with E-state index in [1.54, 1.807) is 25.7 Å². The second-order valence-corrected chi connectivity index (χ2v) is 15.9. The summed E-state index contributed by atoms with van der Waals surface area (Å²) in [7, 11) is -4.29. The van der Waals surface area contributed by atoms with Crippen molar-refractivity contribution in [1.29, 1.82) is 0 Å². The standard InChI is InChI=1S/C28H38Cl2N4O6S2/c1-17-20-13-10-14-34(20)24(35)19(31-26(37)40-27(2,3)4)12-9-7-5-6-8-11-18-16-28(18,32-17)25(36)33-42(38,39)21-15-22(29)41-23(21)30/h8,11,15,18-20,32H,1,5-7,9-10,12-14,16H2,2-4H3,(H,31,37)(H,33,36)/b11-8-/t18-,19+,20+,28-/m1/s1. The van der Waals surface area contributed by atoms with Crippen LogP contribution in [-0.2, 0) is 24.3 Å². The zero-order chi connectivity index (χ0) is 30.9. The molecule has 1 saturated carbocycles. The van der Waals surface area contributed by atoms with Gasteiger partial charge in [0.1, 0.15) is 26.4 Å². The number of nitrogens with one attached hydrogen (secondary N) is 3. The third-order valence-electron chi connectivity index (χ3n) is 7.60. The number of ether oxygens (including phenoxy) is 1. The monoisotopic (exact) mass is 660 g/mol. The van der Waals surface area contributed by atoms with Gasteiger partial charge in [0.2, 0.25) is 5.91 Å². The summed E-state index contributed by atoms with van der Waals surface area (Å²) >= 11 is 12.9. The molecular formula is C28H38Cl2N4O6S2. The van der Waals surface area contributed by atoms with Crippen LogP contribution in [0.15, 0.2) is 35.4 Å². The number of carbonyl (C=O) groups is 3. The van der Waals surface area contributed by atoms with Crippen molar-refractivity contribution in [2.45, 2.75) is 100 Å². The van der Waals surface area contributed by atoms with Gasteiger partial charge in [0.05, 0.1) is 10.4 Å². The fourth-order valence-electron chi connectivity index (χ4n) is 5.48. The SMILES string of the molecule is C=C1N[C@]2(C(=O)NS(=O)(=O)c3cc(Cl)sc3Cl)C[C@H]2/C=C\CCCCC[C@H](NC(=O)OC(C)(C)C)C(=O)N2CCC[C@@H]12. The molecule has 1 aromatic heterocycles. The predicted molar refractivity (Wildman–Crippen MR) is 163 cm³/mol. The maximum absolute atomic E-state index is 13.8.